The summed E-state index contributed by atoms with van der Waals surface area (Å²) >= 11 is 12.2. The highest BCUT2D eigenvalue weighted by atomic mass is 35.5. The molecular weight excluding hydrogens is 581 g/mol. The minimum Gasteiger partial charge on any atom is -0.490 e. The first-order valence-corrected chi connectivity index (χ1v) is 14.5. The topological polar surface area (TPSA) is 72.8 Å². The second-order valence-electron chi connectivity index (χ2n) is 9.61. The standard InChI is InChI=1S/C35H29Cl2N3O3/c1-3-10-26-17-24(19-33(42-4-2)34(26)43-22-23-15-16-29(36)30(37)18-23)21-38-40-35(41)28-20-32(25-11-6-5-7-12-25)39-31-14-9-8-13-27(28)31/h3,5-9,11-21H,1,4,10,22H2,2H3,(H,40,41)/b38-21+. The molecule has 6 nitrogen and oxygen atoms in total. The van der Waals surface area contributed by atoms with Gasteiger partial charge in [-0.1, -0.05) is 83.9 Å². The highest BCUT2D eigenvalue weighted by Gasteiger charge is 2.15. The van der Waals surface area contributed by atoms with Gasteiger partial charge in [0.05, 0.1) is 39.6 Å². The molecule has 8 heteroatoms. The number of carbonyl (C=O) groups is 1. The van der Waals surface area contributed by atoms with Gasteiger partial charge < -0.3 is 9.47 Å². The van der Waals surface area contributed by atoms with Gasteiger partial charge in [-0.25, -0.2) is 10.4 Å². The Bertz CT molecular complexity index is 1810. The van der Waals surface area contributed by atoms with Crippen LogP contribution < -0.4 is 14.9 Å². The van der Waals surface area contributed by atoms with Gasteiger partial charge in [-0.05, 0) is 60.9 Å². The molecule has 0 spiro atoms. The molecule has 1 heterocycles. The van der Waals surface area contributed by atoms with Gasteiger partial charge in [-0.2, -0.15) is 5.10 Å². The Kier molecular flexibility index (Phi) is 9.72. The second kappa shape index (κ2) is 14.0. The molecule has 0 aliphatic rings. The van der Waals surface area contributed by atoms with E-state index in [-0.39, 0.29) is 12.5 Å². The van der Waals surface area contributed by atoms with Crippen LogP contribution in [0, 0.1) is 0 Å². The van der Waals surface area contributed by atoms with Crippen molar-refractivity contribution in [2.45, 2.75) is 20.0 Å². The summed E-state index contributed by atoms with van der Waals surface area (Å²) in [5.74, 6) is 0.818. The van der Waals surface area contributed by atoms with Crippen LogP contribution in [-0.2, 0) is 13.0 Å². The van der Waals surface area contributed by atoms with E-state index in [2.05, 4.69) is 17.1 Å². The monoisotopic (exact) mass is 609 g/mol. The number of fused-ring (bicyclic) bond motifs is 1. The van der Waals surface area contributed by atoms with E-state index < -0.39 is 0 Å². The number of hydrazone groups is 1. The maximum atomic E-state index is 13.4. The number of benzene rings is 4. The van der Waals surface area contributed by atoms with Crippen LogP contribution in [0.3, 0.4) is 0 Å². The summed E-state index contributed by atoms with van der Waals surface area (Å²) in [6, 6.07) is 28.2. The second-order valence-corrected chi connectivity index (χ2v) is 10.4. The zero-order valence-corrected chi connectivity index (χ0v) is 25.0. The number of nitrogens with one attached hydrogen (secondary N) is 1. The first-order valence-electron chi connectivity index (χ1n) is 13.7. The molecular formula is C35H29Cl2N3O3. The highest BCUT2D eigenvalue weighted by Crippen LogP contribution is 2.35. The summed E-state index contributed by atoms with van der Waals surface area (Å²) in [4.78, 5) is 18.1. The Morgan fingerprint density at radius 3 is 2.51 bits per heavy atom. The fourth-order valence-electron chi connectivity index (χ4n) is 4.62. The van der Waals surface area contributed by atoms with Crippen molar-refractivity contribution >= 4 is 46.2 Å². The predicted molar refractivity (Wildman–Crippen MR) is 175 cm³/mol. The van der Waals surface area contributed by atoms with E-state index in [4.69, 9.17) is 37.7 Å². The van der Waals surface area contributed by atoms with Gasteiger partial charge in [0.25, 0.3) is 5.91 Å². The number of para-hydroxylation sites is 1. The van der Waals surface area contributed by atoms with Crippen molar-refractivity contribution < 1.29 is 14.3 Å². The first kappa shape index (κ1) is 29.8. The van der Waals surface area contributed by atoms with E-state index in [1.165, 1.54) is 0 Å². The Labute approximate surface area is 260 Å². The minimum absolute atomic E-state index is 0.273. The number of hydrogen-bond acceptors (Lipinski definition) is 5. The average Bonchev–Trinajstić information content (AvgIpc) is 3.02. The molecule has 0 bridgehead atoms. The van der Waals surface area contributed by atoms with Crippen LogP contribution in [0.2, 0.25) is 10.0 Å². The molecule has 0 saturated carbocycles. The lowest BCUT2D eigenvalue weighted by molar-refractivity contribution is 0.0956. The fraction of sp³-hybridized carbons (Fsp3) is 0.114. The van der Waals surface area contributed by atoms with E-state index in [1.54, 1.807) is 30.5 Å². The van der Waals surface area contributed by atoms with Crippen LogP contribution in [0.4, 0.5) is 0 Å². The quantitative estimate of drug-likeness (QED) is 0.0923. The molecule has 0 aliphatic heterocycles. The number of hydrogen-bond donors (Lipinski definition) is 1. The van der Waals surface area contributed by atoms with E-state index in [0.717, 1.165) is 33.2 Å². The molecule has 4 aromatic carbocycles. The fourth-order valence-corrected chi connectivity index (χ4v) is 4.94. The lowest BCUT2D eigenvalue weighted by Gasteiger charge is -2.17. The van der Waals surface area contributed by atoms with E-state index in [9.17, 15) is 4.79 Å². The zero-order chi connectivity index (χ0) is 30.2. The first-order chi connectivity index (χ1) is 21.0. The van der Waals surface area contributed by atoms with E-state index in [1.807, 2.05) is 79.7 Å². The van der Waals surface area contributed by atoms with Crippen molar-refractivity contribution in [3.05, 3.63) is 136 Å². The highest BCUT2D eigenvalue weighted by molar-refractivity contribution is 6.42. The van der Waals surface area contributed by atoms with Gasteiger partial charge in [0, 0.05) is 16.5 Å². The van der Waals surface area contributed by atoms with Crippen LogP contribution in [0.15, 0.2) is 109 Å². The third-order valence-corrected chi connectivity index (χ3v) is 7.33. The van der Waals surface area contributed by atoms with Crippen molar-refractivity contribution in [3.63, 3.8) is 0 Å². The summed E-state index contributed by atoms with van der Waals surface area (Å²) in [5.41, 5.74) is 7.98. The summed E-state index contributed by atoms with van der Waals surface area (Å²) in [7, 11) is 0. The Hall–Kier alpha value is -4.65. The van der Waals surface area contributed by atoms with Gasteiger partial charge >= 0.3 is 0 Å². The smallest absolute Gasteiger partial charge is 0.272 e. The van der Waals surface area contributed by atoms with Crippen LogP contribution in [-0.4, -0.2) is 23.7 Å². The Morgan fingerprint density at radius 2 is 1.74 bits per heavy atom. The maximum Gasteiger partial charge on any atom is 0.272 e. The third kappa shape index (κ3) is 7.23. The molecule has 5 rings (SSSR count). The number of ether oxygens (including phenoxy) is 2. The van der Waals surface area contributed by atoms with Gasteiger partial charge in [-0.15, -0.1) is 6.58 Å². The molecule has 0 aliphatic carbocycles. The molecule has 5 aromatic rings. The van der Waals surface area contributed by atoms with E-state index in [0.29, 0.717) is 45.8 Å². The van der Waals surface area contributed by atoms with Gasteiger partial charge in [0.15, 0.2) is 11.5 Å². The van der Waals surface area contributed by atoms with Gasteiger partial charge in [0.2, 0.25) is 0 Å². The minimum atomic E-state index is -0.343. The lowest BCUT2D eigenvalue weighted by Crippen LogP contribution is -2.18. The van der Waals surface area contributed by atoms with Crippen molar-refractivity contribution in [3.8, 4) is 22.8 Å². The molecule has 216 valence electrons. The summed E-state index contributed by atoms with van der Waals surface area (Å²) in [5, 5.41) is 5.96. The van der Waals surface area contributed by atoms with Crippen molar-refractivity contribution in [1.29, 1.82) is 0 Å². The molecule has 0 saturated heterocycles. The number of pyridine rings is 1. The Balaban J connectivity index is 1.40. The van der Waals surface area contributed by atoms with Crippen LogP contribution >= 0.6 is 23.2 Å². The Morgan fingerprint density at radius 1 is 0.953 bits per heavy atom. The number of nitrogens with zero attached hydrogens (tertiary/aromatic N) is 2. The SMILES string of the molecule is C=CCc1cc(/C=N/NC(=O)c2cc(-c3ccccc3)nc3ccccc23)cc(OCC)c1OCc1ccc(Cl)c(Cl)c1. The largest absolute Gasteiger partial charge is 0.490 e. The molecule has 0 unspecified atom stereocenters. The number of allylic oxidation sites excluding steroid dienone is 1. The molecule has 1 N–H and O–H groups in total. The summed E-state index contributed by atoms with van der Waals surface area (Å²) < 4.78 is 12.1. The number of carbonyl (C=O) groups excluding carboxylic acids is 1. The van der Waals surface area contributed by atoms with Crippen LogP contribution in [0.5, 0.6) is 11.5 Å². The summed E-state index contributed by atoms with van der Waals surface area (Å²) in [6.45, 7) is 6.50. The predicted octanol–water partition coefficient (Wildman–Crippen LogP) is 8.68. The number of amides is 1. The van der Waals surface area contributed by atoms with Gasteiger partial charge in [-0.3, -0.25) is 4.79 Å². The van der Waals surface area contributed by atoms with Crippen LogP contribution in [0.1, 0.15) is 34.0 Å². The molecule has 0 atom stereocenters. The van der Waals surface area contributed by atoms with Crippen LogP contribution in [0.25, 0.3) is 22.2 Å². The molecule has 0 radical (unpaired) electrons. The van der Waals surface area contributed by atoms with Crippen molar-refractivity contribution in [2.75, 3.05) is 6.61 Å². The lowest BCUT2D eigenvalue weighted by atomic mass is 10.0. The van der Waals surface area contributed by atoms with E-state index >= 15 is 0 Å². The molecule has 0 fully saturated rings. The summed E-state index contributed by atoms with van der Waals surface area (Å²) in [6.07, 6.45) is 3.91. The molecule has 43 heavy (non-hydrogen) atoms. The van der Waals surface area contributed by atoms with Crippen molar-refractivity contribution in [2.24, 2.45) is 5.10 Å². The third-order valence-electron chi connectivity index (χ3n) is 6.60. The molecule has 1 amide bonds. The number of aromatic nitrogens is 1. The number of halogens is 2. The van der Waals surface area contributed by atoms with Crippen molar-refractivity contribution in [1.82, 2.24) is 10.4 Å². The maximum absolute atomic E-state index is 13.4. The number of rotatable bonds is 11. The normalized spacial score (nSPS) is 11.0. The van der Waals surface area contributed by atoms with Gasteiger partial charge in [0.1, 0.15) is 6.61 Å². The average molecular weight is 611 g/mol. The molecule has 1 aromatic heterocycles. The zero-order valence-electron chi connectivity index (χ0n) is 23.5.